The van der Waals surface area contributed by atoms with Crippen molar-refractivity contribution in [1.29, 1.82) is 0 Å². The molecule has 1 heterocycles. The first kappa shape index (κ1) is 13.3. The van der Waals surface area contributed by atoms with Crippen LogP contribution in [0.1, 0.15) is 60.3 Å². The molecule has 0 aromatic carbocycles. The second kappa shape index (κ2) is 4.22. The lowest BCUT2D eigenvalue weighted by molar-refractivity contribution is 0.379. The van der Waals surface area contributed by atoms with E-state index >= 15 is 0 Å². The molecule has 1 aliphatic carbocycles. The third kappa shape index (κ3) is 2.14. The van der Waals surface area contributed by atoms with Crippen LogP contribution >= 0.6 is 0 Å². The van der Waals surface area contributed by atoms with Gasteiger partial charge in [0, 0.05) is 21.8 Å². The Morgan fingerprint density at radius 3 is 2.18 bits per heavy atom. The summed E-state index contributed by atoms with van der Waals surface area (Å²) in [5.74, 6) is 0.844. The average Bonchev–Trinajstić information content (AvgIpc) is 2.30. The van der Waals surface area contributed by atoms with Crippen LogP contribution in [-0.4, -0.2) is 15.2 Å². The molecule has 0 fully saturated rings. The summed E-state index contributed by atoms with van der Waals surface area (Å²) in [7, 11) is -0.700. The van der Waals surface area contributed by atoms with Gasteiger partial charge < -0.3 is 0 Å². The predicted molar refractivity (Wildman–Crippen MR) is 75.5 cm³/mol. The maximum atomic E-state index is 12.5. The predicted octanol–water partition coefficient (Wildman–Crippen LogP) is 4.06. The molecule has 17 heavy (non-hydrogen) atoms. The van der Waals surface area contributed by atoms with Gasteiger partial charge in [0.1, 0.15) is 0 Å². The molecule has 2 heteroatoms. The highest BCUT2D eigenvalue weighted by atomic mass is 32.2. The number of allylic oxidation sites excluding steroid dienone is 2. The van der Waals surface area contributed by atoms with Crippen LogP contribution in [0.15, 0.2) is 11.1 Å². The van der Waals surface area contributed by atoms with E-state index in [1.165, 1.54) is 25.7 Å². The second-order valence-electron chi connectivity index (χ2n) is 6.94. The highest BCUT2D eigenvalue weighted by Crippen LogP contribution is 2.50. The van der Waals surface area contributed by atoms with E-state index in [1.54, 1.807) is 11.1 Å². The van der Waals surface area contributed by atoms with Crippen LogP contribution in [0.25, 0.3) is 0 Å². The van der Waals surface area contributed by atoms with E-state index in [4.69, 9.17) is 0 Å². The van der Waals surface area contributed by atoms with E-state index in [-0.39, 0.29) is 16.1 Å². The van der Waals surface area contributed by atoms with Gasteiger partial charge in [-0.3, -0.25) is 4.21 Å². The maximum absolute atomic E-state index is 12.5. The molecule has 0 spiro atoms. The molecule has 0 saturated heterocycles. The van der Waals surface area contributed by atoms with Gasteiger partial charge in [0.2, 0.25) is 0 Å². The summed E-state index contributed by atoms with van der Waals surface area (Å²) in [5, 5.41) is 0.285. The van der Waals surface area contributed by atoms with Gasteiger partial charge in [0.15, 0.2) is 0 Å². The van der Waals surface area contributed by atoms with Gasteiger partial charge in [-0.05, 0) is 43.4 Å². The summed E-state index contributed by atoms with van der Waals surface area (Å²) in [4.78, 5) is 0. The maximum Gasteiger partial charge on any atom is 0.0408 e. The molecule has 0 amide bonds. The molecule has 2 rings (SSSR count). The van der Waals surface area contributed by atoms with E-state index in [1.807, 2.05) is 0 Å². The molecule has 0 N–H and O–H groups in total. The fraction of sp³-hybridized carbons (Fsp3) is 0.867. The molecule has 1 aliphatic heterocycles. The Bertz CT molecular complexity index is 376. The summed E-state index contributed by atoms with van der Waals surface area (Å²) in [6.45, 7) is 11.4. The minimum Gasteiger partial charge on any atom is -0.259 e. The van der Waals surface area contributed by atoms with Crippen molar-refractivity contribution in [3.63, 3.8) is 0 Å². The van der Waals surface area contributed by atoms with Crippen LogP contribution in [0.3, 0.4) is 0 Å². The molecule has 0 radical (unpaired) electrons. The molecule has 2 unspecified atom stereocenters. The molecular formula is C15H26OS. The van der Waals surface area contributed by atoms with E-state index in [2.05, 4.69) is 34.6 Å². The Hall–Kier alpha value is -0.110. The average molecular weight is 254 g/mol. The highest BCUT2D eigenvalue weighted by molar-refractivity contribution is 7.85. The van der Waals surface area contributed by atoms with Crippen LogP contribution in [-0.2, 0) is 10.8 Å². The molecular weight excluding hydrogens is 228 g/mol. The van der Waals surface area contributed by atoms with Crippen LogP contribution < -0.4 is 0 Å². The number of hydrogen-bond donors (Lipinski definition) is 0. The first-order chi connectivity index (χ1) is 7.77. The van der Waals surface area contributed by atoms with Crippen LogP contribution in [0.5, 0.6) is 0 Å². The van der Waals surface area contributed by atoms with Crippen molar-refractivity contribution in [3.8, 4) is 0 Å². The molecule has 0 aromatic heterocycles. The van der Waals surface area contributed by atoms with Gasteiger partial charge >= 0.3 is 0 Å². The smallest absolute Gasteiger partial charge is 0.0408 e. The Kier molecular flexibility index (Phi) is 3.31. The summed E-state index contributed by atoms with van der Waals surface area (Å²) in [5.41, 5.74) is 3.52. The van der Waals surface area contributed by atoms with Crippen molar-refractivity contribution in [3.05, 3.63) is 11.1 Å². The molecule has 0 bridgehead atoms. The summed E-state index contributed by atoms with van der Waals surface area (Å²) in [6, 6.07) is 0. The summed E-state index contributed by atoms with van der Waals surface area (Å²) >= 11 is 0. The van der Waals surface area contributed by atoms with Crippen molar-refractivity contribution in [1.82, 2.24) is 0 Å². The largest absolute Gasteiger partial charge is 0.259 e. The zero-order valence-corrected chi connectivity index (χ0v) is 12.7. The van der Waals surface area contributed by atoms with Gasteiger partial charge in [-0.1, -0.05) is 38.8 Å². The van der Waals surface area contributed by atoms with Gasteiger partial charge in [0.25, 0.3) is 0 Å². The van der Waals surface area contributed by atoms with E-state index in [0.717, 1.165) is 5.75 Å². The topological polar surface area (TPSA) is 17.1 Å². The number of hydrogen-bond acceptors (Lipinski definition) is 1. The summed E-state index contributed by atoms with van der Waals surface area (Å²) < 4.78 is 12.5. The minimum atomic E-state index is -0.700. The van der Waals surface area contributed by atoms with Gasteiger partial charge in [0.05, 0.1) is 0 Å². The van der Waals surface area contributed by atoms with Crippen molar-refractivity contribution in [2.75, 3.05) is 5.75 Å². The molecule has 0 saturated carbocycles. The minimum absolute atomic E-state index is 0.119. The quantitative estimate of drug-likeness (QED) is 0.596. The van der Waals surface area contributed by atoms with Crippen molar-refractivity contribution >= 4 is 10.8 Å². The van der Waals surface area contributed by atoms with Crippen LogP contribution in [0.4, 0.5) is 0 Å². The lowest BCUT2D eigenvalue weighted by atomic mass is 9.68. The van der Waals surface area contributed by atoms with Gasteiger partial charge in [-0.2, -0.15) is 0 Å². The van der Waals surface area contributed by atoms with E-state index in [9.17, 15) is 4.21 Å². The Balaban J connectivity index is 2.57. The monoisotopic (exact) mass is 254 g/mol. The van der Waals surface area contributed by atoms with Gasteiger partial charge in [-0.15, -0.1) is 0 Å². The highest BCUT2D eigenvalue weighted by Gasteiger charge is 2.44. The third-order valence-corrected chi connectivity index (χ3v) is 7.36. The van der Waals surface area contributed by atoms with E-state index < -0.39 is 10.8 Å². The zero-order valence-electron chi connectivity index (χ0n) is 11.9. The third-order valence-electron chi connectivity index (χ3n) is 4.98. The lowest BCUT2D eigenvalue weighted by Gasteiger charge is -2.37. The standard InChI is InChI=1S/C15H26OS/c1-11-15(4,5)13-9-7-6-8-12(13)14(2,3)10-17(11)16/h11H,6-10H2,1-5H3. The van der Waals surface area contributed by atoms with E-state index in [0.29, 0.717) is 0 Å². The number of rotatable bonds is 0. The lowest BCUT2D eigenvalue weighted by Crippen LogP contribution is -2.33. The molecule has 1 nitrogen and oxygen atoms in total. The second-order valence-corrected chi connectivity index (χ2v) is 8.69. The first-order valence-electron chi connectivity index (χ1n) is 6.87. The fourth-order valence-corrected chi connectivity index (χ4v) is 5.44. The molecule has 0 aromatic rings. The Labute approximate surface area is 109 Å². The summed E-state index contributed by atoms with van der Waals surface area (Å²) in [6.07, 6.45) is 5.10. The Morgan fingerprint density at radius 2 is 1.59 bits per heavy atom. The van der Waals surface area contributed by atoms with Crippen LogP contribution in [0.2, 0.25) is 0 Å². The van der Waals surface area contributed by atoms with Crippen molar-refractivity contribution in [2.45, 2.75) is 65.6 Å². The SMILES string of the molecule is CC1S(=O)CC(C)(C)C2=C(CCCC2)C1(C)C. The Morgan fingerprint density at radius 1 is 1.06 bits per heavy atom. The van der Waals surface area contributed by atoms with Crippen molar-refractivity contribution < 1.29 is 4.21 Å². The van der Waals surface area contributed by atoms with Crippen LogP contribution in [0, 0.1) is 10.8 Å². The molecule has 98 valence electrons. The molecule has 2 atom stereocenters. The fourth-order valence-electron chi connectivity index (χ4n) is 3.50. The van der Waals surface area contributed by atoms with Crippen molar-refractivity contribution in [2.24, 2.45) is 10.8 Å². The first-order valence-corrected chi connectivity index (χ1v) is 8.25. The molecule has 2 aliphatic rings. The van der Waals surface area contributed by atoms with Gasteiger partial charge in [-0.25, -0.2) is 0 Å². The normalized spacial score (nSPS) is 36.3. The zero-order chi connectivity index (χ0) is 12.8.